The van der Waals surface area contributed by atoms with Crippen LogP contribution in [0.4, 0.5) is 8.78 Å². The van der Waals surface area contributed by atoms with Crippen LogP contribution in [-0.4, -0.2) is 15.8 Å². The first-order chi connectivity index (χ1) is 13.3. The van der Waals surface area contributed by atoms with Crippen molar-refractivity contribution >= 4 is 28.3 Å². The zero-order chi connectivity index (χ0) is 19.9. The third-order valence-corrected chi connectivity index (χ3v) is 5.24. The van der Waals surface area contributed by atoms with E-state index in [1.807, 2.05) is 18.2 Å². The molecule has 1 saturated carbocycles. The first-order valence-electron chi connectivity index (χ1n) is 9.23. The van der Waals surface area contributed by atoms with E-state index >= 15 is 0 Å². The number of rotatable bonds is 6. The van der Waals surface area contributed by atoms with Crippen molar-refractivity contribution in [2.75, 3.05) is 0 Å². The minimum atomic E-state index is -3.03. The molecule has 28 heavy (non-hydrogen) atoms. The number of hydrogen-bond acceptors (Lipinski definition) is 3. The zero-order valence-electron chi connectivity index (χ0n) is 15.4. The third-order valence-electron chi connectivity index (χ3n) is 5.00. The molecule has 3 nitrogen and oxygen atoms in total. The smallest absolute Gasteiger partial charge is 0.286 e. The van der Waals surface area contributed by atoms with Crippen LogP contribution in [0.15, 0.2) is 42.7 Å². The monoisotopic (exact) mass is 400 g/mol. The van der Waals surface area contributed by atoms with Crippen molar-refractivity contribution in [2.45, 2.75) is 44.4 Å². The molecule has 0 spiro atoms. The Bertz CT molecular complexity index is 1060. The Morgan fingerprint density at radius 3 is 2.68 bits per heavy atom. The molecule has 2 heterocycles. The summed E-state index contributed by atoms with van der Waals surface area (Å²) in [5, 5.41) is 1.67. The fourth-order valence-electron chi connectivity index (χ4n) is 3.55. The summed E-state index contributed by atoms with van der Waals surface area (Å²) in [6.07, 6.45) is 5.60. The Hall–Kier alpha value is -2.40. The molecule has 0 unspecified atom stereocenters. The first-order valence-corrected chi connectivity index (χ1v) is 9.61. The highest BCUT2D eigenvalue weighted by Gasteiger charge is 2.29. The molecule has 0 N–H and O–H groups in total. The minimum Gasteiger partial charge on any atom is -0.299 e. The summed E-state index contributed by atoms with van der Waals surface area (Å²) in [6, 6.07) is 8.55. The van der Waals surface area contributed by atoms with Crippen LogP contribution < -0.4 is 0 Å². The SMILES string of the molecule is CC(F)(F)c1cc(CC(=O)Cc2cnc3cc(Cl)ccc3c2C2CC2)ccn1. The highest BCUT2D eigenvalue weighted by Crippen LogP contribution is 2.45. The van der Waals surface area contributed by atoms with Crippen molar-refractivity contribution in [2.24, 2.45) is 0 Å². The van der Waals surface area contributed by atoms with Crippen LogP contribution in [0.5, 0.6) is 0 Å². The van der Waals surface area contributed by atoms with Crippen LogP contribution in [0.25, 0.3) is 10.9 Å². The van der Waals surface area contributed by atoms with Gasteiger partial charge in [0.2, 0.25) is 0 Å². The summed E-state index contributed by atoms with van der Waals surface area (Å²) < 4.78 is 27.0. The standard InChI is InChI=1S/C22H19ClF2N2O/c1-22(24,25)20-9-13(6-7-26-20)8-17(28)10-15-12-27-19-11-16(23)4-5-18(19)21(15)14-2-3-14/h4-7,9,11-12,14H,2-3,8,10H2,1H3. The molecule has 1 aliphatic rings. The predicted molar refractivity (Wildman–Crippen MR) is 105 cm³/mol. The number of nitrogens with zero attached hydrogens (tertiary/aromatic N) is 2. The molecular formula is C22H19ClF2N2O. The molecule has 0 atom stereocenters. The number of halogens is 3. The van der Waals surface area contributed by atoms with Crippen molar-refractivity contribution in [3.05, 3.63) is 70.1 Å². The molecule has 4 rings (SSSR count). The second kappa shape index (κ2) is 7.21. The molecule has 3 aromatic rings. The maximum Gasteiger partial charge on any atom is 0.286 e. The van der Waals surface area contributed by atoms with E-state index in [9.17, 15) is 13.6 Å². The predicted octanol–water partition coefficient (Wildman–Crippen LogP) is 5.63. The summed E-state index contributed by atoms with van der Waals surface area (Å²) >= 11 is 6.07. The average molecular weight is 401 g/mol. The molecule has 6 heteroatoms. The van der Waals surface area contributed by atoms with Crippen LogP contribution in [0.1, 0.15) is 48.1 Å². The third kappa shape index (κ3) is 4.04. The van der Waals surface area contributed by atoms with E-state index in [-0.39, 0.29) is 24.3 Å². The highest BCUT2D eigenvalue weighted by atomic mass is 35.5. The quantitative estimate of drug-likeness (QED) is 0.538. The van der Waals surface area contributed by atoms with Crippen LogP contribution in [0.2, 0.25) is 5.02 Å². The average Bonchev–Trinajstić information content (AvgIpc) is 3.46. The number of alkyl halides is 2. The zero-order valence-corrected chi connectivity index (χ0v) is 16.1. The van der Waals surface area contributed by atoms with Gasteiger partial charge in [-0.05, 0) is 59.7 Å². The highest BCUT2D eigenvalue weighted by molar-refractivity contribution is 6.31. The number of pyridine rings is 2. The van der Waals surface area contributed by atoms with E-state index in [0.29, 0.717) is 16.5 Å². The first kappa shape index (κ1) is 18.9. The summed E-state index contributed by atoms with van der Waals surface area (Å²) in [6.45, 7) is 0.801. The molecule has 1 aromatic carbocycles. The van der Waals surface area contributed by atoms with Gasteiger partial charge in [-0.25, -0.2) is 0 Å². The van der Waals surface area contributed by atoms with Gasteiger partial charge >= 0.3 is 0 Å². The van der Waals surface area contributed by atoms with Gasteiger partial charge in [0.25, 0.3) is 5.92 Å². The lowest BCUT2D eigenvalue weighted by Gasteiger charge is -2.13. The molecule has 0 bridgehead atoms. The number of benzene rings is 1. The number of Topliss-reactive ketones (excluding diaryl/α,β-unsaturated/α-hetero) is 1. The van der Waals surface area contributed by atoms with Crippen LogP contribution >= 0.6 is 11.6 Å². The van der Waals surface area contributed by atoms with E-state index in [0.717, 1.165) is 36.2 Å². The molecule has 1 fully saturated rings. The van der Waals surface area contributed by atoms with E-state index in [1.54, 1.807) is 12.3 Å². The van der Waals surface area contributed by atoms with E-state index in [4.69, 9.17) is 11.6 Å². The molecule has 2 aromatic heterocycles. The Kier molecular flexibility index (Phi) is 4.88. The number of carbonyl (C=O) groups is 1. The number of ketones is 1. The van der Waals surface area contributed by atoms with Crippen molar-refractivity contribution in [1.82, 2.24) is 9.97 Å². The lowest BCUT2D eigenvalue weighted by molar-refractivity contribution is -0.117. The van der Waals surface area contributed by atoms with Crippen molar-refractivity contribution in [1.29, 1.82) is 0 Å². The fraction of sp³-hybridized carbons (Fsp3) is 0.318. The van der Waals surface area contributed by atoms with Gasteiger partial charge in [0.1, 0.15) is 11.5 Å². The Balaban J connectivity index is 1.59. The summed E-state index contributed by atoms with van der Waals surface area (Å²) in [5.41, 5.74) is 3.14. The molecule has 1 aliphatic carbocycles. The van der Waals surface area contributed by atoms with Gasteiger partial charge in [-0.15, -0.1) is 0 Å². The van der Waals surface area contributed by atoms with Crippen molar-refractivity contribution in [3.8, 4) is 0 Å². The Morgan fingerprint density at radius 2 is 1.96 bits per heavy atom. The largest absolute Gasteiger partial charge is 0.299 e. The van der Waals surface area contributed by atoms with Crippen LogP contribution in [-0.2, 0) is 23.6 Å². The second-order valence-electron chi connectivity index (χ2n) is 7.46. The molecular weight excluding hydrogens is 382 g/mol. The molecule has 0 radical (unpaired) electrons. The minimum absolute atomic E-state index is 0.0337. The van der Waals surface area contributed by atoms with E-state index < -0.39 is 5.92 Å². The second-order valence-corrected chi connectivity index (χ2v) is 7.90. The molecule has 0 saturated heterocycles. The lowest BCUT2D eigenvalue weighted by atomic mass is 9.94. The van der Waals surface area contributed by atoms with Gasteiger partial charge in [0.15, 0.2) is 0 Å². The Labute approximate surface area is 166 Å². The van der Waals surface area contributed by atoms with Crippen LogP contribution in [0, 0.1) is 0 Å². The summed E-state index contributed by atoms with van der Waals surface area (Å²) in [7, 11) is 0. The van der Waals surface area contributed by atoms with E-state index in [2.05, 4.69) is 9.97 Å². The normalized spacial score (nSPS) is 14.4. The van der Waals surface area contributed by atoms with Gasteiger partial charge in [0, 0.05) is 42.6 Å². The number of hydrogen-bond donors (Lipinski definition) is 0. The molecule has 144 valence electrons. The number of aromatic nitrogens is 2. The van der Waals surface area contributed by atoms with Gasteiger partial charge < -0.3 is 0 Å². The van der Waals surface area contributed by atoms with Crippen molar-refractivity contribution in [3.63, 3.8) is 0 Å². The maximum absolute atomic E-state index is 13.5. The van der Waals surface area contributed by atoms with Gasteiger partial charge in [-0.2, -0.15) is 8.78 Å². The molecule has 0 aliphatic heterocycles. The van der Waals surface area contributed by atoms with Gasteiger partial charge in [-0.1, -0.05) is 17.7 Å². The van der Waals surface area contributed by atoms with E-state index in [1.165, 1.54) is 17.8 Å². The lowest BCUT2D eigenvalue weighted by Crippen LogP contribution is -2.12. The fourth-order valence-corrected chi connectivity index (χ4v) is 3.72. The topological polar surface area (TPSA) is 42.9 Å². The molecule has 0 amide bonds. The Morgan fingerprint density at radius 1 is 1.18 bits per heavy atom. The van der Waals surface area contributed by atoms with Crippen LogP contribution in [0.3, 0.4) is 0 Å². The van der Waals surface area contributed by atoms with Crippen molar-refractivity contribution < 1.29 is 13.6 Å². The summed E-state index contributed by atoms with van der Waals surface area (Å²) in [5.74, 6) is -2.61. The van der Waals surface area contributed by atoms with Gasteiger partial charge in [0.05, 0.1) is 5.52 Å². The summed E-state index contributed by atoms with van der Waals surface area (Å²) in [4.78, 5) is 20.9. The number of carbonyl (C=O) groups excluding carboxylic acids is 1. The number of fused-ring (bicyclic) bond motifs is 1. The maximum atomic E-state index is 13.5. The van der Waals surface area contributed by atoms with Gasteiger partial charge in [-0.3, -0.25) is 14.8 Å².